The number of carbonyl (C=O) groups is 1. The van der Waals surface area contributed by atoms with E-state index in [2.05, 4.69) is 4.90 Å². The van der Waals surface area contributed by atoms with E-state index in [1.807, 2.05) is 48.5 Å². The minimum absolute atomic E-state index is 0.117. The van der Waals surface area contributed by atoms with Gasteiger partial charge in [-0.2, -0.15) is 0 Å². The molecule has 4 nitrogen and oxygen atoms in total. The highest BCUT2D eigenvalue weighted by molar-refractivity contribution is 5.99. The monoisotopic (exact) mass is 282 g/mol. The molecule has 4 heteroatoms. The molecule has 21 heavy (non-hydrogen) atoms. The van der Waals surface area contributed by atoms with Gasteiger partial charge in [0.15, 0.2) is 5.78 Å². The lowest BCUT2D eigenvalue weighted by molar-refractivity contribution is 0.0997. The highest BCUT2D eigenvalue weighted by atomic mass is 16.5. The molecule has 0 atom stereocenters. The molecule has 2 N–H and O–H groups in total. The fourth-order valence-corrected chi connectivity index (χ4v) is 2.50. The van der Waals surface area contributed by atoms with Crippen LogP contribution in [0.15, 0.2) is 48.5 Å². The molecule has 0 bridgehead atoms. The normalized spacial score (nSPS) is 13.5. The Kier molecular flexibility index (Phi) is 3.88. The molecule has 0 radical (unpaired) electrons. The van der Waals surface area contributed by atoms with Gasteiger partial charge in [0.1, 0.15) is 12.4 Å². The number of hydrogen-bond acceptors (Lipinski definition) is 4. The summed E-state index contributed by atoms with van der Waals surface area (Å²) >= 11 is 0. The molecule has 0 aliphatic carbocycles. The van der Waals surface area contributed by atoms with E-state index in [0.29, 0.717) is 26.2 Å². The van der Waals surface area contributed by atoms with Crippen molar-refractivity contribution in [1.82, 2.24) is 0 Å². The summed E-state index contributed by atoms with van der Waals surface area (Å²) in [5.41, 5.74) is 8.38. The van der Waals surface area contributed by atoms with Crippen molar-refractivity contribution >= 4 is 11.5 Å². The zero-order valence-electron chi connectivity index (χ0n) is 11.8. The second kappa shape index (κ2) is 5.97. The summed E-state index contributed by atoms with van der Waals surface area (Å²) in [5.74, 6) is 0.927. The minimum atomic E-state index is 0.117. The summed E-state index contributed by atoms with van der Waals surface area (Å²) in [6.07, 6.45) is 0. The summed E-state index contributed by atoms with van der Waals surface area (Å²) in [7, 11) is 0. The maximum Gasteiger partial charge on any atom is 0.182 e. The van der Waals surface area contributed by atoms with Crippen LogP contribution in [0.2, 0.25) is 0 Å². The van der Waals surface area contributed by atoms with Gasteiger partial charge in [-0.1, -0.05) is 36.4 Å². The van der Waals surface area contributed by atoms with E-state index in [4.69, 9.17) is 10.5 Å². The number of hydrogen-bond donors (Lipinski definition) is 1. The molecule has 108 valence electrons. The van der Waals surface area contributed by atoms with Crippen LogP contribution in [0.1, 0.15) is 15.9 Å². The summed E-state index contributed by atoms with van der Waals surface area (Å²) in [4.78, 5) is 14.4. The third kappa shape index (κ3) is 2.90. The first-order valence-corrected chi connectivity index (χ1v) is 7.07. The quantitative estimate of drug-likeness (QED) is 0.874. The molecule has 0 aromatic heterocycles. The number of ether oxygens (including phenoxy) is 1. The Hall–Kier alpha value is -2.33. The Morgan fingerprint density at radius 3 is 2.76 bits per heavy atom. The smallest absolute Gasteiger partial charge is 0.182 e. The number of anilines is 1. The lowest BCUT2D eigenvalue weighted by Crippen LogP contribution is -2.36. The number of Topliss-reactive ketones (excluding diaryl/α,β-unsaturated/α-hetero) is 1. The molecule has 0 saturated heterocycles. The van der Waals surface area contributed by atoms with Crippen molar-refractivity contribution < 1.29 is 9.53 Å². The van der Waals surface area contributed by atoms with Gasteiger partial charge in [-0.15, -0.1) is 0 Å². The Balaban J connectivity index is 1.81. The van der Waals surface area contributed by atoms with E-state index in [0.717, 1.165) is 22.6 Å². The van der Waals surface area contributed by atoms with Gasteiger partial charge in [-0.05, 0) is 17.7 Å². The van der Waals surface area contributed by atoms with Gasteiger partial charge >= 0.3 is 0 Å². The van der Waals surface area contributed by atoms with E-state index >= 15 is 0 Å². The maximum atomic E-state index is 12.3. The lowest BCUT2D eigenvalue weighted by Gasteiger charge is -2.31. The van der Waals surface area contributed by atoms with Crippen molar-refractivity contribution in [2.24, 2.45) is 5.73 Å². The average molecular weight is 282 g/mol. The van der Waals surface area contributed by atoms with Crippen LogP contribution < -0.4 is 15.4 Å². The Morgan fingerprint density at radius 2 is 2.00 bits per heavy atom. The molecule has 2 aromatic carbocycles. The Morgan fingerprint density at radius 1 is 1.19 bits per heavy atom. The topological polar surface area (TPSA) is 55.6 Å². The van der Waals surface area contributed by atoms with Crippen molar-refractivity contribution in [2.45, 2.75) is 6.54 Å². The molecule has 2 aromatic rings. The molecule has 1 aliphatic heterocycles. The number of ketones is 1. The highest BCUT2D eigenvalue weighted by Crippen LogP contribution is 2.32. The van der Waals surface area contributed by atoms with Crippen LogP contribution in [-0.2, 0) is 6.54 Å². The van der Waals surface area contributed by atoms with Gasteiger partial charge in [-0.3, -0.25) is 4.79 Å². The third-order valence-electron chi connectivity index (χ3n) is 3.65. The fourth-order valence-electron chi connectivity index (χ4n) is 2.50. The van der Waals surface area contributed by atoms with E-state index in [-0.39, 0.29) is 5.78 Å². The van der Waals surface area contributed by atoms with Crippen LogP contribution in [-0.4, -0.2) is 25.5 Å². The third-order valence-corrected chi connectivity index (χ3v) is 3.65. The van der Waals surface area contributed by atoms with Gasteiger partial charge in [0, 0.05) is 12.1 Å². The summed E-state index contributed by atoms with van der Waals surface area (Å²) < 4.78 is 5.67. The lowest BCUT2D eigenvalue weighted by atomic mass is 10.1. The van der Waals surface area contributed by atoms with Crippen molar-refractivity contribution in [3.05, 3.63) is 59.7 Å². The van der Waals surface area contributed by atoms with Crippen LogP contribution in [0.4, 0.5) is 5.69 Å². The number of nitrogens with zero attached hydrogens (tertiary/aromatic N) is 1. The molecule has 0 amide bonds. The zero-order valence-corrected chi connectivity index (χ0v) is 11.8. The predicted octanol–water partition coefficient (Wildman–Crippen LogP) is 2.23. The first-order valence-electron chi connectivity index (χ1n) is 7.07. The van der Waals surface area contributed by atoms with E-state index in [1.165, 1.54) is 0 Å². The first-order chi connectivity index (χ1) is 10.3. The molecular weight excluding hydrogens is 264 g/mol. The zero-order chi connectivity index (χ0) is 14.7. The highest BCUT2D eigenvalue weighted by Gasteiger charge is 2.20. The van der Waals surface area contributed by atoms with Crippen LogP contribution in [0.5, 0.6) is 5.75 Å². The van der Waals surface area contributed by atoms with E-state index in [1.54, 1.807) is 0 Å². The van der Waals surface area contributed by atoms with Gasteiger partial charge in [0.25, 0.3) is 0 Å². The molecule has 1 aliphatic rings. The van der Waals surface area contributed by atoms with Gasteiger partial charge < -0.3 is 15.4 Å². The molecule has 0 saturated carbocycles. The summed E-state index contributed by atoms with van der Waals surface area (Å²) in [6, 6.07) is 15.3. The molecule has 0 fully saturated rings. The number of rotatable bonds is 4. The number of nitrogens with two attached hydrogens (primary N) is 1. The SMILES string of the molecule is NCc1ccc2c(c1)OCCN2CC(=O)c1ccccc1. The standard InChI is InChI=1S/C17H18N2O2/c18-11-13-6-7-15-17(10-13)21-9-8-19(15)12-16(20)14-4-2-1-3-5-14/h1-7,10H,8-9,11-12,18H2. The minimum Gasteiger partial charge on any atom is -0.490 e. The number of benzene rings is 2. The van der Waals surface area contributed by atoms with Crippen molar-refractivity contribution in [3.63, 3.8) is 0 Å². The van der Waals surface area contributed by atoms with Gasteiger partial charge in [0.2, 0.25) is 0 Å². The summed E-state index contributed by atoms with van der Waals surface area (Å²) in [6.45, 7) is 2.15. The molecule has 1 heterocycles. The molecule has 0 spiro atoms. The van der Waals surface area contributed by atoms with Crippen LogP contribution in [0, 0.1) is 0 Å². The number of carbonyl (C=O) groups excluding carboxylic acids is 1. The van der Waals surface area contributed by atoms with E-state index in [9.17, 15) is 4.79 Å². The molecule has 3 rings (SSSR count). The maximum absolute atomic E-state index is 12.3. The van der Waals surface area contributed by atoms with Gasteiger partial charge in [0.05, 0.1) is 18.8 Å². The van der Waals surface area contributed by atoms with Crippen molar-refractivity contribution in [2.75, 3.05) is 24.6 Å². The average Bonchev–Trinajstić information content (AvgIpc) is 2.55. The van der Waals surface area contributed by atoms with Crippen LogP contribution in [0.3, 0.4) is 0 Å². The fraction of sp³-hybridized carbons (Fsp3) is 0.235. The van der Waals surface area contributed by atoms with Crippen molar-refractivity contribution in [1.29, 1.82) is 0 Å². The first kappa shape index (κ1) is 13.6. The van der Waals surface area contributed by atoms with E-state index < -0.39 is 0 Å². The van der Waals surface area contributed by atoms with Crippen molar-refractivity contribution in [3.8, 4) is 5.75 Å². The molecule has 0 unspecified atom stereocenters. The Labute approximate surface area is 124 Å². The van der Waals surface area contributed by atoms with Crippen LogP contribution in [0.25, 0.3) is 0 Å². The summed E-state index contributed by atoms with van der Waals surface area (Å²) in [5, 5.41) is 0. The Bertz CT molecular complexity index is 640. The van der Waals surface area contributed by atoms with Gasteiger partial charge in [-0.25, -0.2) is 0 Å². The largest absolute Gasteiger partial charge is 0.490 e. The molecular formula is C17H18N2O2. The predicted molar refractivity (Wildman–Crippen MR) is 82.8 cm³/mol. The van der Waals surface area contributed by atoms with Crippen LogP contribution >= 0.6 is 0 Å². The number of fused-ring (bicyclic) bond motifs is 1. The second-order valence-electron chi connectivity index (χ2n) is 5.07. The second-order valence-corrected chi connectivity index (χ2v) is 5.07.